The van der Waals surface area contributed by atoms with Gasteiger partial charge in [-0.2, -0.15) is 0 Å². The van der Waals surface area contributed by atoms with Crippen molar-refractivity contribution in [2.24, 2.45) is 5.73 Å². The van der Waals surface area contributed by atoms with E-state index in [1.807, 2.05) is 30.3 Å². The highest BCUT2D eigenvalue weighted by molar-refractivity contribution is 6.31. The SMILES string of the molecule is CCC(N)c1ccc(OCc2ccncc2Cl)cc1. The maximum absolute atomic E-state index is 6.02. The molecule has 1 unspecified atom stereocenters. The van der Waals surface area contributed by atoms with Gasteiger partial charge in [0.05, 0.1) is 5.02 Å². The van der Waals surface area contributed by atoms with Gasteiger partial charge in [0, 0.05) is 24.0 Å². The van der Waals surface area contributed by atoms with Gasteiger partial charge < -0.3 is 10.5 Å². The fourth-order valence-electron chi connectivity index (χ4n) is 1.73. The van der Waals surface area contributed by atoms with Gasteiger partial charge in [0.15, 0.2) is 0 Å². The first-order valence-electron chi connectivity index (χ1n) is 6.27. The maximum atomic E-state index is 6.02. The lowest BCUT2D eigenvalue weighted by Gasteiger charge is -2.11. The molecule has 19 heavy (non-hydrogen) atoms. The standard InChI is InChI=1S/C15H17ClN2O/c1-2-15(17)11-3-5-13(6-4-11)19-10-12-7-8-18-9-14(12)16/h3-9,15H,2,10,17H2,1H3. The Hall–Kier alpha value is -1.58. The van der Waals surface area contributed by atoms with Crippen LogP contribution in [0.4, 0.5) is 0 Å². The third-order valence-corrected chi connectivity index (χ3v) is 3.34. The highest BCUT2D eigenvalue weighted by atomic mass is 35.5. The van der Waals surface area contributed by atoms with E-state index in [4.69, 9.17) is 22.1 Å². The van der Waals surface area contributed by atoms with Crippen LogP contribution in [0.25, 0.3) is 0 Å². The molecule has 0 radical (unpaired) electrons. The minimum atomic E-state index is 0.0868. The summed E-state index contributed by atoms with van der Waals surface area (Å²) in [6.45, 7) is 2.50. The van der Waals surface area contributed by atoms with E-state index in [9.17, 15) is 0 Å². The molecule has 2 rings (SSSR count). The second-order valence-electron chi connectivity index (χ2n) is 4.34. The molecule has 1 aromatic heterocycles. The van der Waals surface area contributed by atoms with Crippen molar-refractivity contribution in [3.8, 4) is 5.75 Å². The molecule has 1 atom stereocenters. The Morgan fingerprint density at radius 2 is 2.00 bits per heavy atom. The summed E-state index contributed by atoms with van der Waals surface area (Å²) in [7, 11) is 0. The first-order chi connectivity index (χ1) is 9.20. The fourth-order valence-corrected chi connectivity index (χ4v) is 1.90. The Morgan fingerprint density at radius 1 is 1.26 bits per heavy atom. The number of rotatable bonds is 5. The summed E-state index contributed by atoms with van der Waals surface area (Å²) in [5.74, 6) is 0.805. The van der Waals surface area contributed by atoms with Crippen molar-refractivity contribution in [3.63, 3.8) is 0 Å². The van der Waals surface area contributed by atoms with Crippen LogP contribution in [-0.2, 0) is 6.61 Å². The molecule has 0 saturated heterocycles. The molecular formula is C15H17ClN2O. The summed E-state index contributed by atoms with van der Waals surface area (Å²) in [5, 5.41) is 0.618. The number of benzene rings is 1. The molecule has 0 aliphatic rings. The summed E-state index contributed by atoms with van der Waals surface area (Å²) in [4.78, 5) is 3.94. The van der Waals surface area contributed by atoms with Crippen LogP contribution in [0.2, 0.25) is 5.02 Å². The van der Waals surface area contributed by atoms with Crippen molar-refractivity contribution in [2.45, 2.75) is 26.0 Å². The Balaban J connectivity index is 1.99. The smallest absolute Gasteiger partial charge is 0.119 e. The lowest BCUT2D eigenvalue weighted by atomic mass is 10.1. The van der Waals surface area contributed by atoms with Gasteiger partial charge in [-0.25, -0.2) is 0 Å². The van der Waals surface area contributed by atoms with E-state index in [1.165, 1.54) is 0 Å². The molecule has 0 amide bonds. The van der Waals surface area contributed by atoms with Crippen molar-refractivity contribution in [1.82, 2.24) is 4.98 Å². The number of halogens is 1. The normalized spacial score (nSPS) is 12.2. The predicted molar refractivity (Wildman–Crippen MR) is 77.2 cm³/mol. The van der Waals surface area contributed by atoms with Crippen molar-refractivity contribution in [1.29, 1.82) is 0 Å². The zero-order valence-corrected chi connectivity index (χ0v) is 11.6. The van der Waals surface area contributed by atoms with Crippen LogP contribution < -0.4 is 10.5 Å². The van der Waals surface area contributed by atoms with Gasteiger partial charge in [0.2, 0.25) is 0 Å². The summed E-state index contributed by atoms with van der Waals surface area (Å²) in [6.07, 6.45) is 4.24. The van der Waals surface area contributed by atoms with Gasteiger partial charge in [0.25, 0.3) is 0 Å². The Morgan fingerprint density at radius 3 is 2.63 bits per heavy atom. The average Bonchev–Trinajstić information content (AvgIpc) is 2.46. The van der Waals surface area contributed by atoms with Gasteiger partial charge in [-0.15, -0.1) is 0 Å². The number of hydrogen-bond donors (Lipinski definition) is 1. The van der Waals surface area contributed by atoms with Crippen LogP contribution in [0.3, 0.4) is 0 Å². The molecule has 0 aliphatic carbocycles. The molecule has 2 aromatic rings. The van der Waals surface area contributed by atoms with E-state index >= 15 is 0 Å². The predicted octanol–water partition coefficient (Wildman–Crippen LogP) is 3.72. The van der Waals surface area contributed by atoms with Gasteiger partial charge in [-0.3, -0.25) is 4.98 Å². The van der Waals surface area contributed by atoms with Crippen molar-refractivity contribution >= 4 is 11.6 Å². The van der Waals surface area contributed by atoms with Gasteiger partial charge >= 0.3 is 0 Å². The second-order valence-corrected chi connectivity index (χ2v) is 4.75. The summed E-state index contributed by atoms with van der Waals surface area (Å²) in [6, 6.07) is 9.79. The third-order valence-electron chi connectivity index (χ3n) is 3.00. The van der Waals surface area contributed by atoms with E-state index in [0.29, 0.717) is 11.6 Å². The summed E-state index contributed by atoms with van der Waals surface area (Å²) >= 11 is 6.02. The Labute approximate surface area is 118 Å². The summed E-state index contributed by atoms with van der Waals surface area (Å²) < 4.78 is 5.69. The molecule has 1 aromatic carbocycles. The van der Waals surface area contributed by atoms with E-state index in [2.05, 4.69) is 11.9 Å². The quantitative estimate of drug-likeness (QED) is 0.905. The minimum Gasteiger partial charge on any atom is -0.489 e. The number of ether oxygens (including phenoxy) is 1. The van der Waals surface area contributed by atoms with Crippen LogP contribution in [0, 0.1) is 0 Å². The second kappa shape index (κ2) is 6.55. The molecule has 0 aliphatic heterocycles. The van der Waals surface area contributed by atoms with Crippen LogP contribution in [-0.4, -0.2) is 4.98 Å². The highest BCUT2D eigenvalue weighted by Crippen LogP contribution is 2.20. The highest BCUT2D eigenvalue weighted by Gasteiger charge is 2.04. The largest absolute Gasteiger partial charge is 0.489 e. The molecule has 100 valence electrons. The maximum Gasteiger partial charge on any atom is 0.119 e. The first-order valence-corrected chi connectivity index (χ1v) is 6.65. The van der Waals surface area contributed by atoms with E-state index < -0.39 is 0 Å². The zero-order valence-electron chi connectivity index (χ0n) is 10.8. The lowest BCUT2D eigenvalue weighted by Crippen LogP contribution is -2.08. The number of hydrogen-bond acceptors (Lipinski definition) is 3. The topological polar surface area (TPSA) is 48.1 Å². The van der Waals surface area contributed by atoms with Crippen LogP contribution in [0.5, 0.6) is 5.75 Å². The van der Waals surface area contributed by atoms with Crippen molar-refractivity contribution in [3.05, 3.63) is 58.9 Å². The van der Waals surface area contributed by atoms with Gasteiger partial charge in [-0.05, 0) is 30.2 Å². The monoisotopic (exact) mass is 276 g/mol. The first kappa shape index (κ1) is 13.8. The minimum absolute atomic E-state index is 0.0868. The number of nitrogens with zero attached hydrogens (tertiary/aromatic N) is 1. The zero-order chi connectivity index (χ0) is 13.7. The molecule has 0 saturated carbocycles. The van der Waals surface area contributed by atoms with Crippen LogP contribution >= 0.6 is 11.6 Å². The lowest BCUT2D eigenvalue weighted by molar-refractivity contribution is 0.306. The van der Waals surface area contributed by atoms with Crippen molar-refractivity contribution < 1.29 is 4.74 Å². The average molecular weight is 277 g/mol. The molecular weight excluding hydrogens is 260 g/mol. The van der Waals surface area contributed by atoms with Crippen LogP contribution in [0.1, 0.15) is 30.5 Å². The molecule has 0 fully saturated rings. The number of pyridine rings is 1. The Bertz CT molecular complexity index is 528. The molecule has 2 N–H and O–H groups in total. The van der Waals surface area contributed by atoms with E-state index in [-0.39, 0.29) is 6.04 Å². The van der Waals surface area contributed by atoms with Gasteiger partial charge in [0.1, 0.15) is 12.4 Å². The number of nitrogens with two attached hydrogens (primary N) is 1. The van der Waals surface area contributed by atoms with Gasteiger partial charge in [-0.1, -0.05) is 30.7 Å². The van der Waals surface area contributed by atoms with Crippen molar-refractivity contribution in [2.75, 3.05) is 0 Å². The summed E-state index contributed by atoms with van der Waals surface area (Å²) in [5.41, 5.74) is 8.01. The Kier molecular flexibility index (Phi) is 4.77. The molecule has 1 heterocycles. The molecule has 3 nitrogen and oxygen atoms in total. The van der Waals surface area contributed by atoms with Crippen LogP contribution in [0.15, 0.2) is 42.7 Å². The molecule has 0 spiro atoms. The van der Waals surface area contributed by atoms with E-state index in [1.54, 1.807) is 12.4 Å². The molecule has 0 bridgehead atoms. The molecule has 4 heteroatoms. The third kappa shape index (κ3) is 3.69. The fraction of sp³-hybridized carbons (Fsp3) is 0.267. The van der Waals surface area contributed by atoms with E-state index in [0.717, 1.165) is 23.3 Å². The number of aromatic nitrogens is 1.